The molecule has 8 heteroatoms. The van der Waals surface area contributed by atoms with Crippen molar-refractivity contribution in [1.29, 1.82) is 0 Å². The molecule has 4 N–H and O–H groups in total. The molecule has 2 amide bonds. The van der Waals surface area contributed by atoms with Gasteiger partial charge in [-0.05, 0) is 96.6 Å². The number of benzene rings is 3. The lowest BCUT2D eigenvalue weighted by atomic mass is 9.53. The number of aliphatic hydroxyl groups is 2. The summed E-state index contributed by atoms with van der Waals surface area (Å²) in [7, 11) is 0. The lowest BCUT2D eigenvalue weighted by Crippen LogP contribution is -2.61. The fourth-order valence-corrected chi connectivity index (χ4v) is 9.99. The average molecular weight is 666 g/mol. The highest BCUT2D eigenvalue weighted by Crippen LogP contribution is 2.55. The summed E-state index contributed by atoms with van der Waals surface area (Å²) in [4.78, 5) is 15.4. The van der Waals surface area contributed by atoms with Crippen LogP contribution in [0.3, 0.4) is 0 Å². The first-order valence-electron chi connectivity index (χ1n) is 18.5. The van der Waals surface area contributed by atoms with Crippen molar-refractivity contribution in [3.8, 4) is 11.1 Å². The van der Waals surface area contributed by atoms with Gasteiger partial charge in [-0.25, -0.2) is 4.79 Å². The molecule has 260 valence electrons. The van der Waals surface area contributed by atoms with Gasteiger partial charge in [-0.1, -0.05) is 73.7 Å². The van der Waals surface area contributed by atoms with E-state index in [0.29, 0.717) is 13.1 Å². The molecule has 3 aromatic carbocycles. The monoisotopic (exact) mass is 665 g/mol. The van der Waals surface area contributed by atoms with Gasteiger partial charge in [0.15, 0.2) is 6.29 Å². The van der Waals surface area contributed by atoms with Crippen molar-refractivity contribution in [2.75, 3.05) is 19.6 Å². The molecule has 0 aromatic heterocycles. The van der Waals surface area contributed by atoms with Gasteiger partial charge < -0.3 is 30.3 Å². The molecule has 8 nitrogen and oxygen atoms in total. The Morgan fingerprint density at radius 3 is 2.22 bits per heavy atom. The van der Waals surface area contributed by atoms with Gasteiger partial charge in [0, 0.05) is 43.2 Å². The van der Waals surface area contributed by atoms with Gasteiger partial charge in [-0.2, -0.15) is 0 Å². The second-order valence-electron chi connectivity index (χ2n) is 15.9. The maximum Gasteiger partial charge on any atom is 0.315 e. The highest BCUT2D eigenvalue weighted by atomic mass is 16.7. The van der Waals surface area contributed by atoms with Crippen molar-refractivity contribution in [1.82, 2.24) is 15.5 Å². The number of nitrogens with one attached hydrogen (secondary N) is 2. The maximum atomic E-state index is 13.1. The molecule has 6 fully saturated rings. The molecule has 2 aliphatic heterocycles. The predicted molar refractivity (Wildman–Crippen MR) is 188 cm³/mol. The first-order chi connectivity index (χ1) is 23.8. The van der Waals surface area contributed by atoms with Crippen molar-refractivity contribution in [2.24, 2.45) is 23.7 Å². The zero-order valence-electron chi connectivity index (χ0n) is 28.6. The Bertz CT molecular complexity index is 1570. The van der Waals surface area contributed by atoms with E-state index in [1.807, 2.05) is 24.3 Å². The van der Waals surface area contributed by atoms with Crippen LogP contribution in [0.4, 0.5) is 4.79 Å². The molecule has 49 heavy (non-hydrogen) atoms. The van der Waals surface area contributed by atoms with Crippen LogP contribution in [0, 0.1) is 23.7 Å². The number of aliphatic hydroxyl groups excluding tert-OH is 2. The summed E-state index contributed by atoms with van der Waals surface area (Å²) in [5.41, 5.74) is 6.16. The molecule has 0 spiro atoms. The van der Waals surface area contributed by atoms with E-state index in [9.17, 15) is 15.0 Å². The van der Waals surface area contributed by atoms with E-state index in [-0.39, 0.29) is 42.4 Å². The van der Waals surface area contributed by atoms with Crippen LogP contribution in [0.5, 0.6) is 0 Å². The molecule has 4 aliphatic carbocycles. The molecule has 0 radical (unpaired) electrons. The number of likely N-dealkylation sites (tertiary alicyclic amines) is 1. The van der Waals surface area contributed by atoms with Gasteiger partial charge in [-0.15, -0.1) is 0 Å². The second kappa shape index (κ2) is 13.8. The molecule has 5 atom stereocenters. The SMILES string of the molecule is C[C@@H]1[C@H](CN2CC[C@H](O)C2)O[C@H](c2ccc(-c3cccc(CNC(=O)NC45CC6CC(CC(C6)C4)C5)c3)cc2)O[C@@H]1c1ccc(CO)cc1. The van der Waals surface area contributed by atoms with Crippen LogP contribution in [-0.2, 0) is 22.6 Å². The molecule has 2 heterocycles. The Balaban J connectivity index is 0.932. The fraction of sp³-hybridized carbons (Fsp3) is 0.537. The van der Waals surface area contributed by atoms with E-state index in [4.69, 9.17) is 9.47 Å². The number of ether oxygens (including phenoxy) is 2. The Labute approximate surface area is 290 Å². The number of carbonyl (C=O) groups is 1. The average Bonchev–Trinajstić information content (AvgIpc) is 3.52. The van der Waals surface area contributed by atoms with Crippen molar-refractivity contribution in [3.05, 3.63) is 95.1 Å². The van der Waals surface area contributed by atoms with Crippen molar-refractivity contribution >= 4 is 6.03 Å². The Morgan fingerprint density at radius 2 is 1.57 bits per heavy atom. The summed E-state index contributed by atoms with van der Waals surface area (Å²) in [5.74, 6) is 2.49. The summed E-state index contributed by atoms with van der Waals surface area (Å²) in [6, 6.07) is 24.7. The molecule has 0 unspecified atom stereocenters. The number of urea groups is 1. The number of β-amino-alcohol motifs (C(OH)–C–C–N with tert-alkyl or cyclic N) is 1. The molecular formula is C41H51N3O5. The van der Waals surface area contributed by atoms with Gasteiger partial charge >= 0.3 is 6.03 Å². The van der Waals surface area contributed by atoms with E-state index in [1.54, 1.807) is 0 Å². The second-order valence-corrected chi connectivity index (χ2v) is 15.9. The van der Waals surface area contributed by atoms with Gasteiger partial charge in [-0.3, -0.25) is 4.90 Å². The van der Waals surface area contributed by atoms with E-state index in [2.05, 4.69) is 71.0 Å². The first kappa shape index (κ1) is 32.9. The van der Waals surface area contributed by atoms with Crippen LogP contribution in [0.25, 0.3) is 11.1 Å². The van der Waals surface area contributed by atoms with Crippen molar-refractivity contribution < 1.29 is 24.5 Å². The summed E-state index contributed by atoms with van der Waals surface area (Å²) in [6.45, 7) is 4.95. The Kier molecular flexibility index (Phi) is 9.27. The molecule has 3 aromatic rings. The fourth-order valence-electron chi connectivity index (χ4n) is 9.99. The third kappa shape index (κ3) is 7.17. The van der Waals surface area contributed by atoms with Crippen LogP contribution in [0.2, 0.25) is 0 Å². The zero-order chi connectivity index (χ0) is 33.5. The number of rotatable bonds is 9. The minimum atomic E-state index is -0.534. The third-order valence-corrected chi connectivity index (χ3v) is 12.1. The normalized spacial score (nSPS) is 33.9. The summed E-state index contributed by atoms with van der Waals surface area (Å²) >= 11 is 0. The minimum Gasteiger partial charge on any atom is -0.392 e. The molecule has 4 bridgehead atoms. The number of hydrogen-bond donors (Lipinski definition) is 4. The molecule has 4 saturated carbocycles. The highest BCUT2D eigenvalue weighted by molar-refractivity contribution is 5.75. The number of carbonyl (C=O) groups excluding carboxylic acids is 1. The summed E-state index contributed by atoms with van der Waals surface area (Å²) in [6.07, 6.45) is 7.27. The topological polar surface area (TPSA) is 103 Å². The van der Waals surface area contributed by atoms with Crippen LogP contribution >= 0.6 is 0 Å². The molecular weight excluding hydrogens is 614 g/mol. The lowest BCUT2D eigenvalue weighted by molar-refractivity contribution is -0.276. The molecule has 2 saturated heterocycles. The van der Waals surface area contributed by atoms with Crippen LogP contribution in [0.15, 0.2) is 72.8 Å². The number of amides is 2. The first-order valence-corrected chi connectivity index (χ1v) is 18.5. The number of hydrogen-bond acceptors (Lipinski definition) is 6. The maximum absolute atomic E-state index is 13.1. The Morgan fingerprint density at radius 1 is 0.878 bits per heavy atom. The predicted octanol–water partition coefficient (Wildman–Crippen LogP) is 6.47. The van der Waals surface area contributed by atoms with E-state index >= 15 is 0 Å². The van der Waals surface area contributed by atoms with E-state index in [1.165, 1.54) is 19.3 Å². The molecule has 6 aliphatic rings. The van der Waals surface area contributed by atoms with E-state index < -0.39 is 6.29 Å². The Hall–Kier alpha value is -3.27. The lowest BCUT2D eigenvalue weighted by Gasteiger charge is -2.56. The zero-order valence-corrected chi connectivity index (χ0v) is 28.6. The summed E-state index contributed by atoms with van der Waals surface area (Å²) in [5, 5.41) is 26.3. The quantitative estimate of drug-likeness (QED) is 0.209. The summed E-state index contributed by atoms with van der Waals surface area (Å²) < 4.78 is 13.3. The van der Waals surface area contributed by atoms with E-state index in [0.717, 1.165) is 89.9 Å². The van der Waals surface area contributed by atoms with Crippen molar-refractivity contribution in [3.63, 3.8) is 0 Å². The van der Waals surface area contributed by atoms with Gasteiger partial charge in [0.1, 0.15) is 0 Å². The standard InChI is InChI=1S/C41H51N3O5/c1-26-37(24-44-14-13-36(46)23-44)48-39(49-38(26)33-7-5-27(25-45)6-8-33)34-11-9-32(10-12-34)35-4-2-3-28(18-35)22-42-40(47)43-41-19-29-15-30(20-41)17-31(16-29)21-41/h2-12,18,26,29-31,36-39,45-46H,13-17,19-25H2,1H3,(H2,42,43,47)/t26-,29?,30?,31?,36+,37+,38+,39+,41?/m1/s1. The molecule has 9 rings (SSSR count). The van der Waals surface area contributed by atoms with Gasteiger partial charge in [0.2, 0.25) is 0 Å². The van der Waals surface area contributed by atoms with Gasteiger partial charge in [0.05, 0.1) is 24.9 Å². The van der Waals surface area contributed by atoms with Crippen LogP contribution < -0.4 is 10.6 Å². The largest absolute Gasteiger partial charge is 0.392 e. The highest BCUT2D eigenvalue weighted by Gasteiger charge is 2.51. The number of nitrogens with zero attached hydrogens (tertiary/aromatic N) is 1. The third-order valence-electron chi connectivity index (χ3n) is 12.1. The minimum absolute atomic E-state index is 0.00742. The van der Waals surface area contributed by atoms with Gasteiger partial charge in [0.25, 0.3) is 0 Å². The van der Waals surface area contributed by atoms with Crippen LogP contribution in [-0.4, -0.2) is 58.5 Å². The van der Waals surface area contributed by atoms with Crippen molar-refractivity contribution in [2.45, 2.75) is 95.2 Å². The van der Waals surface area contributed by atoms with Crippen LogP contribution in [0.1, 0.15) is 86.5 Å². The smallest absolute Gasteiger partial charge is 0.315 e.